The Morgan fingerprint density at radius 3 is 3.09 bits per heavy atom. The number of hydrogen-bond donors (Lipinski definition) is 1. The van der Waals surface area contributed by atoms with Crippen LogP contribution in [-0.4, -0.2) is 18.1 Å². The summed E-state index contributed by atoms with van der Waals surface area (Å²) in [6, 6.07) is 0. The molecule has 64 valence electrons. The molecule has 1 nitrogen and oxygen atoms in total. The second kappa shape index (κ2) is 2.98. The van der Waals surface area contributed by atoms with Gasteiger partial charge in [0.1, 0.15) is 0 Å². The van der Waals surface area contributed by atoms with Crippen LogP contribution in [0.15, 0.2) is 0 Å². The fraction of sp³-hybridized carbons (Fsp3) is 1.00. The minimum Gasteiger partial charge on any atom is -0.330 e. The lowest BCUT2D eigenvalue weighted by molar-refractivity contribution is 0.444. The highest BCUT2D eigenvalue weighted by Gasteiger charge is 2.52. The first-order chi connectivity index (χ1) is 5.37. The molecule has 2 rings (SSSR count). The lowest BCUT2D eigenvalue weighted by Crippen LogP contribution is -2.15. The van der Waals surface area contributed by atoms with Crippen LogP contribution in [0.2, 0.25) is 0 Å². The zero-order valence-electron chi connectivity index (χ0n) is 7.01. The highest BCUT2D eigenvalue weighted by molar-refractivity contribution is 7.99. The largest absolute Gasteiger partial charge is 0.330 e. The van der Waals surface area contributed by atoms with Crippen molar-refractivity contribution in [2.24, 2.45) is 17.1 Å². The highest BCUT2D eigenvalue weighted by Crippen LogP contribution is 2.60. The summed E-state index contributed by atoms with van der Waals surface area (Å²) in [7, 11) is 0. The van der Waals surface area contributed by atoms with Gasteiger partial charge in [-0.2, -0.15) is 11.8 Å². The Hall–Kier alpha value is 0.310. The minimum atomic E-state index is 0.780. The van der Waals surface area contributed by atoms with E-state index in [1.165, 1.54) is 37.2 Å². The van der Waals surface area contributed by atoms with Crippen LogP contribution in [0.4, 0.5) is 0 Å². The summed E-state index contributed by atoms with van der Waals surface area (Å²) < 4.78 is 0. The molecule has 0 aromatic rings. The molecule has 0 radical (unpaired) electrons. The third kappa shape index (κ3) is 1.43. The standard InChI is InChI=1S/C9H17NS/c10-4-2-8-6-9(8)3-1-5-11-7-9/h8H,1-7,10H2. The van der Waals surface area contributed by atoms with E-state index in [2.05, 4.69) is 11.8 Å². The molecule has 2 aliphatic rings. The summed E-state index contributed by atoms with van der Waals surface area (Å²) in [5.41, 5.74) is 6.33. The van der Waals surface area contributed by atoms with Gasteiger partial charge >= 0.3 is 0 Å². The van der Waals surface area contributed by atoms with Gasteiger partial charge in [-0.05, 0) is 55.1 Å². The molecule has 2 N–H and O–H groups in total. The first-order valence-electron chi connectivity index (χ1n) is 4.65. The van der Waals surface area contributed by atoms with E-state index >= 15 is 0 Å². The Kier molecular flexibility index (Phi) is 2.15. The van der Waals surface area contributed by atoms with Crippen molar-refractivity contribution in [3.8, 4) is 0 Å². The van der Waals surface area contributed by atoms with E-state index in [0.717, 1.165) is 17.9 Å². The number of thioether (sulfide) groups is 1. The van der Waals surface area contributed by atoms with Gasteiger partial charge in [0.2, 0.25) is 0 Å². The van der Waals surface area contributed by atoms with Crippen LogP contribution in [0, 0.1) is 11.3 Å². The molecule has 1 spiro atoms. The molecular weight excluding hydrogens is 154 g/mol. The predicted molar refractivity (Wildman–Crippen MR) is 50.8 cm³/mol. The van der Waals surface area contributed by atoms with E-state index in [4.69, 9.17) is 5.73 Å². The van der Waals surface area contributed by atoms with E-state index in [-0.39, 0.29) is 0 Å². The smallest absolute Gasteiger partial charge is 0.000803 e. The average Bonchev–Trinajstić information content (AvgIpc) is 2.66. The monoisotopic (exact) mass is 171 g/mol. The SMILES string of the molecule is NCCC1CC12CCCSC2. The predicted octanol–water partition coefficient (Wildman–Crippen LogP) is 1.87. The van der Waals surface area contributed by atoms with E-state index in [1.807, 2.05) is 0 Å². The van der Waals surface area contributed by atoms with Crippen LogP contribution in [0.25, 0.3) is 0 Å². The molecular formula is C9H17NS. The first-order valence-corrected chi connectivity index (χ1v) is 5.81. The number of nitrogens with two attached hydrogens (primary N) is 1. The maximum absolute atomic E-state index is 5.55. The van der Waals surface area contributed by atoms with Gasteiger partial charge < -0.3 is 5.73 Å². The summed E-state index contributed by atoms with van der Waals surface area (Å²) in [5.74, 6) is 3.83. The normalized spacial score (nSPS) is 42.8. The Balaban J connectivity index is 1.84. The zero-order valence-corrected chi connectivity index (χ0v) is 7.83. The van der Waals surface area contributed by atoms with Gasteiger partial charge in [0.05, 0.1) is 0 Å². The first kappa shape index (κ1) is 7.93. The summed E-state index contributed by atoms with van der Waals surface area (Å²) in [5, 5.41) is 0. The van der Waals surface area contributed by atoms with Gasteiger partial charge in [0, 0.05) is 0 Å². The molecule has 2 atom stereocenters. The Morgan fingerprint density at radius 1 is 1.55 bits per heavy atom. The Bertz CT molecular complexity index is 140. The summed E-state index contributed by atoms with van der Waals surface area (Å²) in [6.45, 7) is 0.900. The fourth-order valence-corrected chi connectivity index (χ4v) is 3.80. The molecule has 11 heavy (non-hydrogen) atoms. The number of hydrogen-bond acceptors (Lipinski definition) is 2. The van der Waals surface area contributed by atoms with Crippen molar-refractivity contribution in [1.82, 2.24) is 0 Å². The summed E-state index contributed by atoms with van der Waals surface area (Å²) in [4.78, 5) is 0. The zero-order chi connectivity index (χ0) is 7.73. The van der Waals surface area contributed by atoms with Crippen molar-refractivity contribution in [1.29, 1.82) is 0 Å². The lowest BCUT2D eigenvalue weighted by atomic mass is 9.98. The molecule has 1 aliphatic carbocycles. The van der Waals surface area contributed by atoms with Gasteiger partial charge in [-0.3, -0.25) is 0 Å². The van der Waals surface area contributed by atoms with Crippen LogP contribution in [0.3, 0.4) is 0 Å². The number of rotatable bonds is 2. The second-order valence-corrected chi connectivity index (χ2v) is 5.10. The van der Waals surface area contributed by atoms with E-state index in [1.54, 1.807) is 0 Å². The average molecular weight is 171 g/mol. The minimum absolute atomic E-state index is 0.780. The van der Waals surface area contributed by atoms with Gasteiger partial charge in [0.25, 0.3) is 0 Å². The fourth-order valence-electron chi connectivity index (χ4n) is 2.40. The van der Waals surface area contributed by atoms with Crippen LogP contribution in [0.5, 0.6) is 0 Å². The maximum atomic E-state index is 5.55. The van der Waals surface area contributed by atoms with E-state index in [0.29, 0.717) is 0 Å². The third-order valence-corrected chi connectivity index (χ3v) is 4.58. The molecule has 1 saturated carbocycles. The van der Waals surface area contributed by atoms with Gasteiger partial charge in [-0.15, -0.1) is 0 Å². The maximum Gasteiger partial charge on any atom is -0.000803 e. The lowest BCUT2D eigenvalue weighted by Gasteiger charge is -2.21. The summed E-state index contributed by atoms with van der Waals surface area (Å²) >= 11 is 2.15. The van der Waals surface area contributed by atoms with Crippen molar-refractivity contribution in [2.45, 2.75) is 25.7 Å². The van der Waals surface area contributed by atoms with Gasteiger partial charge in [0.15, 0.2) is 0 Å². The molecule has 2 heteroatoms. The molecule has 0 bridgehead atoms. The van der Waals surface area contributed by atoms with Crippen molar-refractivity contribution in [2.75, 3.05) is 18.1 Å². The third-order valence-electron chi connectivity index (χ3n) is 3.23. The van der Waals surface area contributed by atoms with Crippen LogP contribution < -0.4 is 5.73 Å². The summed E-state index contributed by atoms with van der Waals surface area (Å²) in [6.07, 6.45) is 5.70. The van der Waals surface area contributed by atoms with Crippen molar-refractivity contribution in [3.05, 3.63) is 0 Å². The highest BCUT2D eigenvalue weighted by atomic mass is 32.2. The van der Waals surface area contributed by atoms with E-state index in [9.17, 15) is 0 Å². The second-order valence-electron chi connectivity index (χ2n) is 4.00. The van der Waals surface area contributed by atoms with Crippen molar-refractivity contribution in [3.63, 3.8) is 0 Å². The van der Waals surface area contributed by atoms with E-state index < -0.39 is 0 Å². The molecule has 0 aromatic heterocycles. The van der Waals surface area contributed by atoms with Crippen molar-refractivity contribution < 1.29 is 0 Å². The topological polar surface area (TPSA) is 26.0 Å². The molecule has 1 aliphatic heterocycles. The molecule has 0 amide bonds. The van der Waals surface area contributed by atoms with Gasteiger partial charge in [-0.25, -0.2) is 0 Å². The molecule has 1 heterocycles. The molecule has 1 saturated heterocycles. The Labute approximate surface area is 73.1 Å². The van der Waals surface area contributed by atoms with Gasteiger partial charge in [-0.1, -0.05) is 0 Å². The van der Waals surface area contributed by atoms with Crippen LogP contribution in [0.1, 0.15) is 25.7 Å². The van der Waals surface area contributed by atoms with Crippen molar-refractivity contribution >= 4 is 11.8 Å². The molecule has 2 fully saturated rings. The molecule has 0 aromatic carbocycles. The van der Waals surface area contributed by atoms with Crippen LogP contribution in [-0.2, 0) is 0 Å². The quantitative estimate of drug-likeness (QED) is 0.686. The van der Waals surface area contributed by atoms with Crippen LogP contribution >= 0.6 is 11.8 Å². The molecule has 2 unspecified atom stereocenters. The Morgan fingerprint density at radius 2 is 2.45 bits per heavy atom.